The van der Waals surface area contributed by atoms with Crippen LogP contribution in [0.1, 0.15) is 16.1 Å². The number of rotatable bonds is 6. The molecule has 0 bridgehead atoms. The third kappa shape index (κ3) is 3.92. The van der Waals surface area contributed by atoms with E-state index in [-0.39, 0.29) is 6.79 Å². The fourth-order valence-electron chi connectivity index (χ4n) is 2.38. The number of ether oxygens (including phenoxy) is 3. The third-order valence-electron chi connectivity index (χ3n) is 3.73. The van der Waals surface area contributed by atoms with Crippen LogP contribution < -0.4 is 15.2 Å². The van der Waals surface area contributed by atoms with Gasteiger partial charge in [-0.05, 0) is 48.4 Å². The number of aromatic nitrogens is 1. The number of thiazole rings is 1. The lowest BCUT2D eigenvalue weighted by Gasteiger charge is -2.10. The molecule has 0 saturated carbocycles. The zero-order valence-electron chi connectivity index (χ0n) is 14.4. The van der Waals surface area contributed by atoms with E-state index in [0.29, 0.717) is 11.5 Å². The summed E-state index contributed by atoms with van der Waals surface area (Å²) in [5.41, 5.74) is 9.77. The molecule has 2 aromatic carbocycles. The van der Waals surface area contributed by atoms with Gasteiger partial charge in [0, 0.05) is 12.8 Å². The monoisotopic (exact) mass is 356 g/mol. The van der Waals surface area contributed by atoms with E-state index in [1.54, 1.807) is 25.6 Å². The molecule has 1 aromatic heterocycles. The van der Waals surface area contributed by atoms with E-state index < -0.39 is 0 Å². The Balaban J connectivity index is 1.84. The van der Waals surface area contributed by atoms with E-state index in [2.05, 4.69) is 4.98 Å². The largest absolute Gasteiger partial charge is 0.493 e. The number of nitrogen functional groups attached to an aromatic ring is 1. The first-order valence-electron chi connectivity index (χ1n) is 7.75. The summed E-state index contributed by atoms with van der Waals surface area (Å²) in [7, 11) is 3.19. The van der Waals surface area contributed by atoms with E-state index >= 15 is 0 Å². The second-order valence-electron chi connectivity index (χ2n) is 5.52. The van der Waals surface area contributed by atoms with Gasteiger partial charge in [-0.25, -0.2) is 4.98 Å². The van der Waals surface area contributed by atoms with Crippen molar-refractivity contribution in [1.29, 1.82) is 0 Å². The minimum atomic E-state index is 0.180. The number of benzene rings is 2. The van der Waals surface area contributed by atoms with Crippen molar-refractivity contribution in [3.8, 4) is 11.5 Å². The van der Waals surface area contributed by atoms with Crippen molar-refractivity contribution >= 4 is 39.4 Å². The standard InChI is InChI=1S/C19H20N2O3S/c1-12-8-15-18(10-14(12)20)25-19(21-15)7-5-13-4-6-16(24-11-22-2)17(9-13)23-3/h4-10H,11,20H2,1-3H3/b7-5+. The smallest absolute Gasteiger partial charge is 0.188 e. The van der Waals surface area contributed by atoms with Crippen LogP contribution in [-0.2, 0) is 4.74 Å². The van der Waals surface area contributed by atoms with Gasteiger partial charge in [0.2, 0.25) is 0 Å². The first kappa shape index (κ1) is 17.3. The molecule has 0 aliphatic carbocycles. The molecule has 3 aromatic rings. The predicted molar refractivity (Wildman–Crippen MR) is 103 cm³/mol. The third-order valence-corrected chi connectivity index (χ3v) is 4.71. The van der Waals surface area contributed by atoms with Crippen LogP contribution in [0, 0.1) is 6.92 Å². The molecular weight excluding hydrogens is 336 g/mol. The van der Waals surface area contributed by atoms with Crippen molar-refractivity contribution in [2.45, 2.75) is 6.92 Å². The molecule has 0 aliphatic rings. The van der Waals surface area contributed by atoms with Crippen LogP contribution in [0.3, 0.4) is 0 Å². The maximum Gasteiger partial charge on any atom is 0.188 e. The molecule has 0 spiro atoms. The average molecular weight is 356 g/mol. The lowest BCUT2D eigenvalue weighted by Crippen LogP contribution is -2.00. The van der Waals surface area contributed by atoms with E-state index in [9.17, 15) is 0 Å². The van der Waals surface area contributed by atoms with Gasteiger partial charge in [0.05, 0.1) is 17.3 Å². The first-order valence-corrected chi connectivity index (χ1v) is 8.57. The number of aryl methyl sites for hydroxylation is 1. The summed E-state index contributed by atoms with van der Waals surface area (Å²) in [5, 5.41) is 0.929. The summed E-state index contributed by atoms with van der Waals surface area (Å²) in [4.78, 5) is 4.63. The predicted octanol–water partition coefficient (Wildman–Crippen LogP) is 4.35. The van der Waals surface area contributed by atoms with Gasteiger partial charge in [0.25, 0.3) is 0 Å². The minimum Gasteiger partial charge on any atom is -0.493 e. The number of anilines is 1. The molecule has 0 amide bonds. The second-order valence-corrected chi connectivity index (χ2v) is 6.59. The number of methoxy groups -OCH3 is 2. The molecule has 5 nitrogen and oxygen atoms in total. The maximum atomic E-state index is 5.97. The summed E-state index contributed by atoms with van der Waals surface area (Å²) in [6.45, 7) is 2.17. The fourth-order valence-corrected chi connectivity index (χ4v) is 3.28. The first-order chi connectivity index (χ1) is 12.1. The van der Waals surface area contributed by atoms with Gasteiger partial charge in [-0.15, -0.1) is 11.3 Å². The Labute approximate surface area is 150 Å². The van der Waals surface area contributed by atoms with Crippen LogP contribution in [0.2, 0.25) is 0 Å². The van der Waals surface area contributed by atoms with Crippen molar-refractivity contribution in [2.75, 3.05) is 26.7 Å². The van der Waals surface area contributed by atoms with Crippen molar-refractivity contribution in [1.82, 2.24) is 4.98 Å². The number of nitrogens with zero attached hydrogens (tertiary/aromatic N) is 1. The Hall–Kier alpha value is -2.57. The molecule has 0 radical (unpaired) electrons. The van der Waals surface area contributed by atoms with E-state index in [4.69, 9.17) is 19.9 Å². The van der Waals surface area contributed by atoms with Crippen LogP contribution in [0.15, 0.2) is 30.3 Å². The van der Waals surface area contributed by atoms with Crippen molar-refractivity contribution in [3.05, 3.63) is 46.5 Å². The number of nitrogens with two attached hydrogens (primary N) is 1. The molecule has 0 aliphatic heterocycles. The maximum absolute atomic E-state index is 5.97. The summed E-state index contributed by atoms with van der Waals surface area (Å²) in [6, 6.07) is 9.73. The molecule has 6 heteroatoms. The number of fused-ring (bicyclic) bond motifs is 1. The summed E-state index contributed by atoms with van der Waals surface area (Å²) in [5.74, 6) is 1.30. The Bertz CT molecular complexity index is 879. The number of hydrogen-bond donors (Lipinski definition) is 1. The normalized spacial score (nSPS) is 11.3. The lowest BCUT2D eigenvalue weighted by molar-refractivity contribution is 0.0491. The Morgan fingerprint density at radius 1 is 1.12 bits per heavy atom. The summed E-state index contributed by atoms with van der Waals surface area (Å²) < 4.78 is 16.8. The van der Waals surface area contributed by atoms with Gasteiger partial charge < -0.3 is 19.9 Å². The van der Waals surface area contributed by atoms with Crippen LogP contribution in [0.25, 0.3) is 22.4 Å². The average Bonchev–Trinajstić information content (AvgIpc) is 3.00. The van der Waals surface area contributed by atoms with Crippen molar-refractivity contribution in [2.24, 2.45) is 0 Å². The second kappa shape index (κ2) is 7.55. The molecular formula is C19H20N2O3S. The molecule has 0 atom stereocenters. The van der Waals surface area contributed by atoms with Gasteiger partial charge in [0.1, 0.15) is 5.01 Å². The Kier molecular flexibility index (Phi) is 5.21. The zero-order valence-corrected chi connectivity index (χ0v) is 15.2. The van der Waals surface area contributed by atoms with Gasteiger partial charge in [-0.3, -0.25) is 0 Å². The van der Waals surface area contributed by atoms with Crippen LogP contribution in [0.5, 0.6) is 11.5 Å². The van der Waals surface area contributed by atoms with Crippen LogP contribution in [0.4, 0.5) is 5.69 Å². The fraction of sp³-hybridized carbons (Fsp3) is 0.211. The minimum absolute atomic E-state index is 0.180. The van der Waals surface area contributed by atoms with E-state index in [1.165, 1.54) is 0 Å². The number of hydrogen-bond acceptors (Lipinski definition) is 6. The highest BCUT2D eigenvalue weighted by atomic mass is 32.1. The molecule has 3 rings (SSSR count). The topological polar surface area (TPSA) is 66.6 Å². The van der Waals surface area contributed by atoms with E-state index in [0.717, 1.165) is 32.0 Å². The molecule has 1 heterocycles. The van der Waals surface area contributed by atoms with Gasteiger partial charge in [0.15, 0.2) is 18.3 Å². The summed E-state index contributed by atoms with van der Waals surface area (Å²) >= 11 is 1.61. The molecule has 0 unspecified atom stereocenters. The highest BCUT2D eigenvalue weighted by Gasteiger charge is 2.06. The zero-order chi connectivity index (χ0) is 17.8. The van der Waals surface area contributed by atoms with Crippen LogP contribution >= 0.6 is 11.3 Å². The van der Waals surface area contributed by atoms with Gasteiger partial charge in [-0.2, -0.15) is 0 Å². The highest BCUT2D eigenvalue weighted by Crippen LogP contribution is 2.30. The molecule has 2 N–H and O–H groups in total. The van der Waals surface area contributed by atoms with E-state index in [1.807, 2.05) is 49.4 Å². The lowest BCUT2D eigenvalue weighted by atomic mass is 10.2. The Morgan fingerprint density at radius 2 is 1.96 bits per heavy atom. The summed E-state index contributed by atoms with van der Waals surface area (Å²) in [6.07, 6.45) is 3.98. The molecule has 130 valence electrons. The highest BCUT2D eigenvalue weighted by molar-refractivity contribution is 7.19. The van der Waals surface area contributed by atoms with Crippen LogP contribution in [-0.4, -0.2) is 26.0 Å². The Morgan fingerprint density at radius 3 is 2.72 bits per heavy atom. The molecule has 0 fully saturated rings. The van der Waals surface area contributed by atoms with Crippen molar-refractivity contribution in [3.63, 3.8) is 0 Å². The van der Waals surface area contributed by atoms with Crippen molar-refractivity contribution < 1.29 is 14.2 Å². The molecule has 0 saturated heterocycles. The SMILES string of the molecule is COCOc1ccc(/C=C/c2nc3cc(C)c(N)cc3s2)cc1OC. The quantitative estimate of drug-likeness (QED) is 0.525. The van der Waals surface area contributed by atoms with Gasteiger partial charge >= 0.3 is 0 Å². The molecule has 25 heavy (non-hydrogen) atoms. The van der Waals surface area contributed by atoms with Gasteiger partial charge in [-0.1, -0.05) is 12.1 Å².